The summed E-state index contributed by atoms with van der Waals surface area (Å²) in [6.45, 7) is 21.7. The van der Waals surface area contributed by atoms with Crippen molar-refractivity contribution in [1.29, 1.82) is 0 Å². The zero-order valence-corrected chi connectivity index (χ0v) is 23.8. The lowest BCUT2D eigenvalue weighted by Crippen LogP contribution is -2.22. The molecule has 0 bridgehead atoms. The van der Waals surface area contributed by atoms with Crippen molar-refractivity contribution in [2.75, 3.05) is 24.7 Å². The van der Waals surface area contributed by atoms with E-state index in [1.54, 1.807) is 0 Å². The van der Waals surface area contributed by atoms with E-state index in [9.17, 15) is 5.11 Å². The van der Waals surface area contributed by atoms with Gasteiger partial charge in [0.15, 0.2) is 0 Å². The minimum absolute atomic E-state index is 0.0588. The van der Waals surface area contributed by atoms with Crippen LogP contribution in [-0.4, -0.2) is 24.9 Å². The molecule has 0 amide bonds. The molecule has 0 radical (unpaired) electrons. The number of phenols is 1. The Labute approximate surface area is 219 Å². The van der Waals surface area contributed by atoms with Gasteiger partial charge in [-0.3, -0.25) is 0 Å². The highest BCUT2D eigenvalue weighted by molar-refractivity contribution is 5.85. The molecule has 0 aliphatic heterocycles. The molecule has 3 aromatic carbocycles. The second-order valence-electron chi connectivity index (χ2n) is 12.0. The maximum Gasteiger partial charge on any atom is 0.142 e. The summed E-state index contributed by atoms with van der Waals surface area (Å²) in [4.78, 5) is 2.28. The summed E-state index contributed by atoms with van der Waals surface area (Å²) < 4.78 is 5.68. The Hall–Kier alpha value is -2.78. The number of anilines is 2. The summed E-state index contributed by atoms with van der Waals surface area (Å²) in [6, 6.07) is 19.7. The highest BCUT2D eigenvalue weighted by Crippen LogP contribution is 2.44. The van der Waals surface area contributed by atoms with Gasteiger partial charge in [0, 0.05) is 36.6 Å². The fraction of sp³-hybridized carbons (Fsp3) is 0.455. The Bertz CT molecular complexity index is 1180. The van der Waals surface area contributed by atoms with E-state index in [0.717, 1.165) is 35.5 Å². The lowest BCUT2D eigenvalue weighted by Gasteiger charge is -2.31. The quantitative estimate of drug-likeness (QED) is 0.322. The van der Waals surface area contributed by atoms with Gasteiger partial charge in [0.05, 0.1) is 5.69 Å². The van der Waals surface area contributed by atoms with Gasteiger partial charge in [-0.15, -0.1) is 0 Å². The monoisotopic (exact) mass is 487 g/mol. The molecule has 0 aliphatic rings. The lowest BCUT2D eigenvalue weighted by atomic mass is 9.84. The summed E-state index contributed by atoms with van der Waals surface area (Å²) in [7, 11) is 0. The maximum absolute atomic E-state index is 11.6. The van der Waals surface area contributed by atoms with Crippen molar-refractivity contribution < 1.29 is 9.84 Å². The fourth-order valence-electron chi connectivity index (χ4n) is 4.70. The molecule has 194 valence electrons. The van der Waals surface area contributed by atoms with Gasteiger partial charge in [0.25, 0.3) is 0 Å². The van der Waals surface area contributed by atoms with E-state index in [1.165, 1.54) is 22.3 Å². The predicted molar refractivity (Wildman–Crippen MR) is 155 cm³/mol. The van der Waals surface area contributed by atoms with E-state index in [2.05, 4.69) is 115 Å². The van der Waals surface area contributed by atoms with Gasteiger partial charge in [-0.2, -0.15) is 0 Å². The molecule has 0 aliphatic carbocycles. The number of hydrogen-bond donors (Lipinski definition) is 1. The van der Waals surface area contributed by atoms with Crippen LogP contribution in [0.25, 0.3) is 11.1 Å². The van der Waals surface area contributed by atoms with Gasteiger partial charge in [-0.05, 0) is 66.8 Å². The predicted octanol–water partition coefficient (Wildman–Crippen LogP) is 8.84. The number of hydrogen-bond acceptors (Lipinski definition) is 3. The number of phenolic OH excluding ortho intramolecular Hbond substituents is 1. The molecule has 3 rings (SSSR count). The van der Waals surface area contributed by atoms with E-state index in [-0.39, 0.29) is 10.8 Å². The van der Waals surface area contributed by atoms with Gasteiger partial charge in [-0.1, -0.05) is 89.6 Å². The third-order valence-corrected chi connectivity index (χ3v) is 6.66. The largest absolute Gasteiger partial charge is 0.505 e. The van der Waals surface area contributed by atoms with Gasteiger partial charge >= 0.3 is 0 Å². The number of nitrogens with zero attached hydrogens (tertiary/aromatic N) is 1. The highest BCUT2D eigenvalue weighted by atomic mass is 16.5. The average molecular weight is 488 g/mol. The fourth-order valence-corrected chi connectivity index (χ4v) is 4.70. The van der Waals surface area contributed by atoms with Crippen LogP contribution in [0.1, 0.15) is 77.1 Å². The molecule has 0 fully saturated rings. The SMILES string of the molecule is CCOCCCN(c1ccccc1-c1cc(C)cc(C(C)(C)C)c1)c1cc(C)cc(C(C)(C)C)c1O. The second kappa shape index (κ2) is 11.1. The zero-order valence-electron chi connectivity index (χ0n) is 23.8. The molecule has 0 atom stereocenters. The Morgan fingerprint density at radius 1 is 0.806 bits per heavy atom. The van der Waals surface area contributed by atoms with Gasteiger partial charge < -0.3 is 14.7 Å². The number of aromatic hydroxyl groups is 1. The molecule has 3 heteroatoms. The number of benzene rings is 3. The Morgan fingerprint density at radius 2 is 1.47 bits per heavy atom. The third-order valence-electron chi connectivity index (χ3n) is 6.66. The van der Waals surface area contributed by atoms with Crippen LogP contribution in [0.3, 0.4) is 0 Å². The van der Waals surface area contributed by atoms with E-state index < -0.39 is 0 Å². The van der Waals surface area contributed by atoms with Crippen molar-refractivity contribution >= 4 is 11.4 Å². The van der Waals surface area contributed by atoms with Crippen molar-refractivity contribution in [1.82, 2.24) is 0 Å². The van der Waals surface area contributed by atoms with Crippen LogP contribution in [-0.2, 0) is 15.6 Å². The van der Waals surface area contributed by atoms with Crippen LogP contribution >= 0.6 is 0 Å². The van der Waals surface area contributed by atoms with E-state index in [0.29, 0.717) is 19.0 Å². The molecule has 0 aromatic heterocycles. The second-order valence-corrected chi connectivity index (χ2v) is 12.0. The van der Waals surface area contributed by atoms with Crippen LogP contribution in [0.15, 0.2) is 54.6 Å². The van der Waals surface area contributed by atoms with Crippen molar-refractivity contribution in [2.24, 2.45) is 0 Å². The molecule has 3 aromatic rings. The number of aryl methyl sites for hydroxylation is 2. The minimum atomic E-state index is -0.167. The van der Waals surface area contributed by atoms with Crippen LogP contribution in [0.2, 0.25) is 0 Å². The van der Waals surface area contributed by atoms with Crippen molar-refractivity contribution in [2.45, 2.75) is 79.6 Å². The molecule has 3 nitrogen and oxygen atoms in total. The van der Waals surface area contributed by atoms with Crippen molar-refractivity contribution in [3.63, 3.8) is 0 Å². The molecular formula is C33H45NO2. The average Bonchev–Trinajstić information content (AvgIpc) is 2.79. The summed E-state index contributed by atoms with van der Waals surface area (Å²) in [6.07, 6.45) is 0.863. The molecule has 0 saturated heterocycles. The zero-order chi connectivity index (χ0) is 26.7. The van der Waals surface area contributed by atoms with Crippen LogP contribution in [0.5, 0.6) is 5.75 Å². The summed E-state index contributed by atoms with van der Waals surface area (Å²) in [5, 5.41) is 11.6. The van der Waals surface area contributed by atoms with Gasteiger partial charge in [-0.25, -0.2) is 0 Å². The molecule has 0 spiro atoms. The molecule has 0 saturated carbocycles. The van der Waals surface area contributed by atoms with Crippen LogP contribution < -0.4 is 4.90 Å². The number of para-hydroxylation sites is 1. The first-order valence-corrected chi connectivity index (χ1v) is 13.2. The molecule has 1 N–H and O–H groups in total. The summed E-state index contributed by atoms with van der Waals surface area (Å²) in [5.74, 6) is 0.360. The Morgan fingerprint density at radius 3 is 2.11 bits per heavy atom. The highest BCUT2D eigenvalue weighted by Gasteiger charge is 2.25. The van der Waals surface area contributed by atoms with Crippen molar-refractivity contribution in [3.05, 3.63) is 76.9 Å². The Kier molecular flexibility index (Phi) is 8.56. The maximum atomic E-state index is 11.6. The summed E-state index contributed by atoms with van der Waals surface area (Å²) in [5.41, 5.74) is 8.90. The number of rotatable bonds is 8. The molecular weight excluding hydrogens is 442 g/mol. The minimum Gasteiger partial charge on any atom is -0.505 e. The molecule has 36 heavy (non-hydrogen) atoms. The summed E-state index contributed by atoms with van der Waals surface area (Å²) >= 11 is 0. The molecule has 0 heterocycles. The van der Waals surface area contributed by atoms with Crippen molar-refractivity contribution in [3.8, 4) is 16.9 Å². The first-order valence-electron chi connectivity index (χ1n) is 13.2. The normalized spacial score (nSPS) is 12.1. The standard InChI is InChI=1S/C33H45NO2/c1-10-36-17-13-16-34(30-21-24(3)20-28(31(30)35)33(7,8)9)29-15-12-11-14-27(29)25-18-23(2)19-26(22-25)32(4,5)6/h11-12,14-15,18-22,35H,10,13,16-17H2,1-9H3. The van der Waals surface area contributed by atoms with Gasteiger partial charge in [0.1, 0.15) is 5.75 Å². The third kappa shape index (κ3) is 6.50. The first kappa shape index (κ1) is 27.8. The number of ether oxygens (including phenoxy) is 1. The van der Waals surface area contributed by atoms with E-state index in [4.69, 9.17) is 4.74 Å². The Balaban J connectivity index is 2.23. The smallest absolute Gasteiger partial charge is 0.142 e. The van der Waals surface area contributed by atoms with E-state index in [1.807, 2.05) is 6.92 Å². The first-order chi connectivity index (χ1) is 16.8. The van der Waals surface area contributed by atoms with Gasteiger partial charge in [0.2, 0.25) is 0 Å². The lowest BCUT2D eigenvalue weighted by molar-refractivity contribution is 0.146. The molecule has 0 unspecified atom stereocenters. The topological polar surface area (TPSA) is 32.7 Å². The van der Waals surface area contributed by atoms with E-state index >= 15 is 0 Å². The van der Waals surface area contributed by atoms with Crippen LogP contribution in [0, 0.1) is 13.8 Å². The van der Waals surface area contributed by atoms with Crippen LogP contribution in [0.4, 0.5) is 11.4 Å².